The van der Waals surface area contributed by atoms with Crippen LogP contribution in [0.4, 0.5) is 0 Å². The van der Waals surface area contributed by atoms with E-state index in [-0.39, 0.29) is 6.04 Å². The summed E-state index contributed by atoms with van der Waals surface area (Å²) < 4.78 is 15.8. The SMILES string of the molecule is CNC(C)c1cc(OC)c(OC)c(OC)c1. The van der Waals surface area contributed by atoms with E-state index in [2.05, 4.69) is 12.2 Å². The number of ether oxygens (including phenoxy) is 3. The van der Waals surface area contributed by atoms with Crippen LogP contribution in [0.1, 0.15) is 18.5 Å². The Kier molecular flexibility index (Phi) is 4.43. The molecule has 0 radical (unpaired) electrons. The van der Waals surface area contributed by atoms with Crippen LogP contribution in [-0.2, 0) is 0 Å². The summed E-state index contributed by atoms with van der Waals surface area (Å²) in [4.78, 5) is 0. The highest BCUT2D eigenvalue weighted by molar-refractivity contribution is 5.54. The molecule has 1 aromatic carbocycles. The molecule has 0 saturated carbocycles. The molecule has 0 aromatic heterocycles. The van der Waals surface area contributed by atoms with Crippen LogP contribution in [0.3, 0.4) is 0 Å². The van der Waals surface area contributed by atoms with Crippen molar-refractivity contribution in [1.82, 2.24) is 5.32 Å². The first kappa shape index (κ1) is 12.6. The topological polar surface area (TPSA) is 39.7 Å². The summed E-state index contributed by atoms with van der Waals surface area (Å²) in [5.41, 5.74) is 1.09. The van der Waals surface area contributed by atoms with Gasteiger partial charge in [-0.05, 0) is 31.7 Å². The average Bonchev–Trinajstić information content (AvgIpc) is 2.35. The van der Waals surface area contributed by atoms with Gasteiger partial charge in [0, 0.05) is 6.04 Å². The second kappa shape index (κ2) is 5.61. The fourth-order valence-electron chi connectivity index (χ4n) is 1.52. The Balaban J connectivity index is 3.25. The molecule has 0 bridgehead atoms. The van der Waals surface area contributed by atoms with Crippen LogP contribution in [-0.4, -0.2) is 28.4 Å². The van der Waals surface area contributed by atoms with Crippen LogP contribution in [0.25, 0.3) is 0 Å². The fourth-order valence-corrected chi connectivity index (χ4v) is 1.52. The van der Waals surface area contributed by atoms with Gasteiger partial charge < -0.3 is 19.5 Å². The maximum atomic E-state index is 5.28. The molecule has 1 N–H and O–H groups in total. The predicted molar refractivity (Wildman–Crippen MR) is 63.6 cm³/mol. The van der Waals surface area contributed by atoms with Gasteiger partial charge in [0.15, 0.2) is 11.5 Å². The van der Waals surface area contributed by atoms with Crippen molar-refractivity contribution in [2.45, 2.75) is 13.0 Å². The largest absolute Gasteiger partial charge is 0.493 e. The van der Waals surface area contributed by atoms with Crippen molar-refractivity contribution in [2.75, 3.05) is 28.4 Å². The Morgan fingerprint density at radius 2 is 1.50 bits per heavy atom. The summed E-state index contributed by atoms with van der Waals surface area (Å²) in [7, 11) is 6.74. The Morgan fingerprint density at radius 1 is 1.00 bits per heavy atom. The van der Waals surface area contributed by atoms with Crippen LogP contribution in [0.5, 0.6) is 17.2 Å². The Labute approximate surface area is 96.5 Å². The van der Waals surface area contributed by atoms with E-state index in [0.29, 0.717) is 17.2 Å². The molecule has 0 aliphatic carbocycles. The molecule has 0 fully saturated rings. The van der Waals surface area contributed by atoms with Gasteiger partial charge in [-0.2, -0.15) is 0 Å². The molecule has 4 nitrogen and oxygen atoms in total. The highest BCUT2D eigenvalue weighted by Crippen LogP contribution is 2.39. The Bertz CT molecular complexity index is 327. The van der Waals surface area contributed by atoms with Crippen molar-refractivity contribution in [3.05, 3.63) is 17.7 Å². The highest BCUT2D eigenvalue weighted by Gasteiger charge is 2.15. The zero-order chi connectivity index (χ0) is 12.1. The standard InChI is InChI=1S/C12H19NO3/c1-8(13-2)9-6-10(14-3)12(16-5)11(7-9)15-4/h6-8,13H,1-5H3. The van der Waals surface area contributed by atoms with Gasteiger partial charge in [-0.15, -0.1) is 0 Å². The van der Waals surface area contributed by atoms with Crippen molar-refractivity contribution in [3.63, 3.8) is 0 Å². The molecule has 0 amide bonds. The number of nitrogens with one attached hydrogen (secondary N) is 1. The molecule has 0 heterocycles. The van der Waals surface area contributed by atoms with E-state index in [1.165, 1.54) is 0 Å². The van der Waals surface area contributed by atoms with Gasteiger partial charge >= 0.3 is 0 Å². The van der Waals surface area contributed by atoms with E-state index >= 15 is 0 Å². The molecule has 0 aliphatic heterocycles. The predicted octanol–water partition coefficient (Wildman–Crippen LogP) is 1.99. The van der Waals surface area contributed by atoms with Gasteiger partial charge in [0.2, 0.25) is 5.75 Å². The van der Waals surface area contributed by atoms with Gasteiger partial charge in [-0.3, -0.25) is 0 Å². The lowest BCUT2D eigenvalue weighted by molar-refractivity contribution is 0.323. The third-order valence-electron chi connectivity index (χ3n) is 2.62. The smallest absolute Gasteiger partial charge is 0.203 e. The summed E-state index contributed by atoms with van der Waals surface area (Å²) in [5.74, 6) is 1.98. The van der Waals surface area contributed by atoms with Crippen molar-refractivity contribution in [1.29, 1.82) is 0 Å². The lowest BCUT2D eigenvalue weighted by Gasteiger charge is -2.17. The van der Waals surface area contributed by atoms with Crippen LogP contribution in [0.15, 0.2) is 12.1 Å². The lowest BCUT2D eigenvalue weighted by Crippen LogP contribution is -2.12. The number of methoxy groups -OCH3 is 3. The highest BCUT2D eigenvalue weighted by atomic mass is 16.5. The van der Waals surface area contributed by atoms with Crippen molar-refractivity contribution in [3.8, 4) is 17.2 Å². The van der Waals surface area contributed by atoms with Gasteiger partial charge in [0.05, 0.1) is 21.3 Å². The third kappa shape index (κ3) is 2.39. The molecule has 1 rings (SSSR count). The summed E-state index contributed by atoms with van der Waals surface area (Å²) >= 11 is 0. The molecule has 0 spiro atoms. The summed E-state index contributed by atoms with van der Waals surface area (Å²) in [6, 6.07) is 4.12. The minimum atomic E-state index is 0.230. The quantitative estimate of drug-likeness (QED) is 0.832. The maximum absolute atomic E-state index is 5.28. The number of hydrogen-bond donors (Lipinski definition) is 1. The molecule has 90 valence electrons. The van der Waals surface area contributed by atoms with E-state index in [0.717, 1.165) is 5.56 Å². The van der Waals surface area contributed by atoms with E-state index in [1.807, 2.05) is 19.2 Å². The maximum Gasteiger partial charge on any atom is 0.203 e. The minimum Gasteiger partial charge on any atom is -0.493 e. The Hall–Kier alpha value is -1.42. The molecular weight excluding hydrogens is 206 g/mol. The molecule has 1 unspecified atom stereocenters. The normalized spacial score (nSPS) is 12.1. The number of hydrogen-bond acceptors (Lipinski definition) is 4. The van der Waals surface area contributed by atoms with Crippen LogP contribution in [0.2, 0.25) is 0 Å². The molecule has 0 saturated heterocycles. The van der Waals surface area contributed by atoms with Crippen molar-refractivity contribution < 1.29 is 14.2 Å². The molecular formula is C12H19NO3. The minimum absolute atomic E-state index is 0.230. The first-order chi connectivity index (χ1) is 7.67. The van der Waals surface area contributed by atoms with Gasteiger partial charge in [-0.1, -0.05) is 0 Å². The summed E-state index contributed by atoms with van der Waals surface area (Å²) in [6.07, 6.45) is 0. The van der Waals surface area contributed by atoms with Crippen LogP contribution in [0, 0.1) is 0 Å². The molecule has 1 aromatic rings. The van der Waals surface area contributed by atoms with E-state index < -0.39 is 0 Å². The number of rotatable bonds is 5. The zero-order valence-electron chi connectivity index (χ0n) is 10.5. The zero-order valence-corrected chi connectivity index (χ0v) is 10.5. The average molecular weight is 225 g/mol. The lowest BCUT2D eigenvalue weighted by atomic mass is 10.1. The molecule has 16 heavy (non-hydrogen) atoms. The first-order valence-electron chi connectivity index (χ1n) is 5.15. The second-order valence-electron chi connectivity index (χ2n) is 3.47. The van der Waals surface area contributed by atoms with Crippen molar-refractivity contribution in [2.24, 2.45) is 0 Å². The van der Waals surface area contributed by atoms with Gasteiger partial charge in [0.1, 0.15) is 0 Å². The first-order valence-corrected chi connectivity index (χ1v) is 5.15. The van der Waals surface area contributed by atoms with Gasteiger partial charge in [-0.25, -0.2) is 0 Å². The molecule has 4 heteroatoms. The second-order valence-corrected chi connectivity index (χ2v) is 3.47. The molecule has 0 aliphatic rings. The monoisotopic (exact) mass is 225 g/mol. The summed E-state index contributed by atoms with van der Waals surface area (Å²) in [6.45, 7) is 2.07. The van der Waals surface area contributed by atoms with E-state index in [4.69, 9.17) is 14.2 Å². The number of benzene rings is 1. The van der Waals surface area contributed by atoms with E-state index in [1.54, 1.807) is 21.3 Å². The van der Waals surface area contributed by atoms with Gasteiger partial charge in [0.25, 0.3) is 0 Å². The van der Waals surface area contributed by atoms with Crippen LogP contribution < -0.4 is 19.5 Å². The van der Waals surface area contributed by atoms with Crippen molar-refractivity contribution >= 4 is 0 Å². The third-order valence-corrected chi connectivity index (χ3v) is 2.62. The fraction of sp³-hybridized carbons (Fsp3) is 0.500. The molecule has 1 atom stereocenters. The summed E-state index contributed by atoms with van der Waals surface area (Å²) in [5, 5.41) is 3.17. The van der Waals surface area contributed by atoms with Crippen LogP contribution >= 0.6 is 0 Å². The van der Waals surface area contributed by atoms with E-state index in [9.17, 15) is 0 Å². The Morgan fingerprint density at radius 3 is 1.81 bits per heavy atom.